The highest BCUT2D eigenvalue weighted by molar-refractivity contribution is 14.1. The van der Waals surface area contributed by atoms with Gasteiger partial charge < -0.3 is 10.1 Å². The Morgan fingerprint density at radius 2 is 1.93 bits per heavy atom. The topological polar surface area (TPSA) is 21.3 Å². The first-order valence-electron chi connectivity index (χ1n) is 4.65. The Labute approximate surface area is 109 Å². The zero-order valence-electron chi connectivity index (χ0n) is 9.32. The molecule has 0 bridgehead atoms. The van der Waals surface area contributed by atoms with Crippen LogP contribution in [0.25, 0.3) is 0 Å². The molecular weight excluding hydrogens is 324 g/mol. The number of methoxy groups -OCH3 is 1. The molecule has 0 spiro atoms. The van der Waals surface area contributed by atoms with Crippen molar-refractivity contribution in [2.75, 3.05) is 12.4 Å². The Morgan fingerprint density at radius 3 is 2.40 bits per heavy atom. The molecule has 0 aliphatic carbocycles. The first-order chi connectivity index (χ1) is 6.83. The van der Waals surface area contributed by atoms with Crippen molar-refractivity contribution < 1.29 is 4.74 Å². The Balaban J connectivity index is 3.11. The second kappa shape index (κ2) is 4.78. The molecule has 1 N–H and O–H groups in total. The van der Waals surface area contributed by atoms with Crippen molar-refractivity contribution >= 4 is 39.9 Å². The van der Waals surface area contributed by atoms with Crippen molar-refractivity contribution in [3.05, 3.63) is 20.7 Å². The van der Waals surface area contributed by atoms with E-state index in [2.05, 4.69) is 48.7 Å². The number of halogens is 2. The predicted molar refractivity (Wildman–Crippen MR) is 74.1 cm³/mol. The van der Waals surface area contributed by atoms with Crippen LogP contribution in [0, 0.1) is 3.57 Å². The lowest BCUT2D eigenvalue weighted by Crippen LogP contribution is -2.26. The smallest absolute Gasteiger partial charge is 0.143 e. The third-order valence-electron chi connectivity index (χ3n) is 1.75. The summed E-state index contributed by atoms with van der Waals surface area (Å²) < 4.78 is 6.29. The van der Waals surface area contributed by atoms with Gasteiger partial charge >= 0.3 is 0 Å². The minimum Gasteiger partial charge on any atom is -0.495 e. The molecule has 4 heteroatoms. The quantitative estimate of drug-likeness (QED) is 0.817. The molecule has 0 saturated carbocycles. The summed E-state index contributed by atoms with van der Waals surface area (Å²) >= 11 is 8.23. The summed E-state index contributed by atoms with van der Waals surface area (Å²) in [5, 5.41) is 4.09. The average Bonchev–Trinajstić information content (AvgIpc) is 2.08. The predicted octanol–water partition coefficient (Wildman–Crippen LogP) is 4.16. The zero-order chi connectivity index (χ0) is 11.6. The summed E-state index contributed by atoms with van der Waals surface area (Å²) in [6.07, 6.45) is 0. The number of anilines is 1. The van der Waals surface area contributed by atoms with Crippen molar-refractivity contribution in [3.8, 4) is 5.75 Å². The van der Waals surface area contributed by atoms with Gasteiger partial charge in [-0.25, -0.2) is 0 Å². The van der Waals surface area contributed by atoms with Crippen LogP contribution in [0.4, 0.5) is 5.69 Å². The highest BCUT2D eigenvalue weighted by Gasteiger charge is 2.14. The molecule has 1 aromatic carbocycles. The van der Waals surface area contributed by atoms with Crippen molar-refractivity contribution in [2.24, 2.45) is 0 Å². The minimum absolute atomic E-state index is 0.00416. The number of rotatable bonds is 2. The van der Waals surface area contributed by atoms with Gasteiger partial charge in [0.25, 0.3) is 0 Å². The zero-order valence-corrected chi connectivity index (χ0v) is 12.2. The molecule has 0 fully saturated rings. The fraction of sp³-hybridized carbons (Fsp3) is 0.455. The van der Waals surface area contributed by atoms with E-state index in [4.69, 9.17) is 16.3 Å². The number of hydrogen-bond acceptors (Lipinski definition) is 2. The van der Waals surface area contributed by atoms with Gasteiger partial charge in [0.1, 0.15) is 5.75 Å². The number of hydrogen-bond donors (Lipinski definition) is 1. The SMILES string of the molecule is COc1cc(Cl)c(I)cc1NC(C)(C)C. The summed E-state index contributed by atoms with van der Waals surface area (Å²) in [4.78, 5) is 0. The number of nitrogens with one attached hydrogen (secondary N) is 1. The molecule has 0 aliphatic heterocycles. The summed E-state index contributed by atoms with van der Waals surface area (Å²) in [5.41, 5.74) is 0.975. The lowest BCUT2D eigenvalue weighted by atomic mass is 10.1. The van der Waals surface area contributed by atoms with Gasteiger partial charge in [-0.3, -0.25) is 0 Å². The molecule has 0 aliphatic rings. The fourth-order valence-corrected chi connectivity index (χ4v) is 1.82. The van der Waals surface area contributed by atoms with E-state index in [0.717, 1.165) is 15.0 Å². The Hall–Kier alpha value is -0.160. The van der Waals surface area contributed by atoms with Gasteiger partial charge in [-0.15, -0.1) is 0 Å². The monoisotopic (exact) mass is 339 g/mol. The molecule has 1 aromatic rings. The fourth-order valence-electron chi connectivity index (χ4n) is 1.20. The molecular formula is C11H15ClINO. The molecule has 0 aromatic heterocycles. The van der Waals surface area contributed by atoms with E-state index in [1.807, 2.05) is 12.1 Å². The minimum atomic E-state index is 0.00416. The van der Waals surface area contributed by atoms with Gasteiger partial charge in [0.2, 0.25) is 0 Å². The van der Waals surface area contributed by atoms with E-state index in [9.17, 15) is 0 Å². The average molecular weight is 340 g/mol. The largest absolute Gasteiger partial charge is 0.495 e. The van der Waals surface area contributed by atoms with Crippen LogP contribution in [-0.2, 0) is 0 Å². The standard InChI is InChI=1S/C11H15ClINO/c1-11(2,3)14-9-6-8(13)7(12)5-10(9)15-4/h5-6,14H,1-4H3. The highest BCUT2D eigenvalue weighted by Crippen LogP contribution is 2.33. The van der Waals surface area contributed by atoms with Crippen LogP contribution in [0.2, 0.25) is 5.02 Å². The maximum Gasteiger partial charge on any atom is 0.143 e. The molecule has 0 radical (unpaired) electrons. The van der Waals surface area contributed by atoms with E-state index in [1.165, 1.54) is 0 Å². The van der Waals surface area contributed by atoms with Crippen molar-refractivity contribution in [1.29, 1.82) is 0 Å². The Bertz CT molecular complexity index is 360. The van der Waals surface area contributed by atoms with Gasteiger partial charge in [0.05, 0.1) is 17.8 Å². The second-order valence-electron chi connectivity index (χ2n) is 4.34. The third kappa shape index (κ3) is 3.72. The molecule has 15 heavy (non-hydrogen) atoms. The molecule has 2 nitrogen and oxygen atoms in total. The number of benzene rings is 1. The van der Waals surface area contributed by atoms with Crippen molar-refractivity contribution in [2.45, 2.75) is 26.3 Å². The normalized spacial score (nSPS) is 11.3. The first-order valence-corrected chi connectivity index (χ1v) is 6.10. The Morgan fingerprint density at radius 1 is 1.33 bits per heavy atom. The maximum absolute atomic E-state index is 6.02. The molecule has 0 atom stereocenters. The molecule has 0 saturated heterocycles. The number of ether oxygens (including phenoxy) is 1. The summed E-state index contributed by atoms with van der Waals surface area (Å²) in [6, 6.07) is 3.82. The van der Waals surface area contributed by atoms with Gasteiger partial charge in [0.15, 0.2) is 0 Å². The van der Waals surface area contributed by atoms with Crippen LogP contribution in [0.3, 0.4) is 0 Å². The molecule has 0 heterocycles. The Kier molecular flexibility index (Phi) is 4.12. The second-order valence-corrected chi connectivity index (χ2v) is 5.91. The highest BCUT2D eigenvalue weighted by atomic mass is 127. The van der Waals surface area contributed by atoms with Crippen LogP contribution in [0.1, 0.15) is 20.8 Å². The lowest BCUT2D eigenvalue weighted by Gasteiger charge is -2.24. The van der Waals surface area contributed by atoms with E-state index in [1.54, 1.807) is 7.11 Å². The first kappa shape index (κ1) is 12.9. The third-order valence-corrected chi connectivity index (χ3v) is 3.28. The molecule has 0 amide bonds. The van der Waals surface area contributed by atoms with E-state index < -0.39 is 0 Å². The van der Waals surface area contributed by atoms with Gasteiger partial charge in [-0.1, -0.05) is 11.6 Å². The van der Waals surface area contributed by atoms with Gasteiger partial charge in [-0.2, -0.15) is 0 Å². The maximum atomic E-state index is 6.02. The van der Waals surface area contributed by atoms with Crippen LogP contribution in [0.15, 0.2) is 12.1 Å². The molecule has 0 unspecified atom stereocenters. The van der Waals surface area contributed by atoms with Crippen molar-refractivity contribution in [1.82, 2.24) is 0 Å². The van der Waals surface area contributed by atoms with E-state index in [-0.39, 0.29) is 5.54 Å². The van der Waals surface area contributed by atoms with Crippen molar-refractivity contribution in [3.63, 3.8) is 0 Å². The molecule has 84 valence electrons. The summed E-state index contributed by atoms with van der Waals surface area (Å²) in [6.45, 7) is 6.32. The van der Waals surface area contributed by atoms with Gasteiger partial charge in [0, 0.05) is 15.2 Å². The lowest BCUT2D eigenvalue weighted by molar-refractivity contribution is 0.415. The van der Waals surface area contributed by atoms with E-state index >= 15 is 0 Å². The summed E-state index contributed by atoms with van der Waals surface area (Å²) in [7, 11) is 1.65. The summed E-state index contributed by atoms with van der Waals surface area (Å²) in [5.74, 6) is 0.773. The van der Waals surface area contributed by atoms with Crippen LogP contribution in [-0.4, -0.2) is 12.6 Å². The van der Waals surface area contributed by atoms with E-state index in [0.29, 0.717) is 5.02 Å². The molecule has 1 rings (SSSR count). The van der Waals surface area contributed by atoms with Crippen LogP contribution in [0.5, 0.6) is 5.75 Å². The van der Waals surface area contributed by atoms with Gasteiger partial charge in [-0.05, 0) is 49.4 Å². The van der Waals surface area contributed by atoms with Crippen LogP contribution < -0.4 is 10.1 Å². The van der Waals surface area contributed by atoms with Crippen LogP contribution >= 0.6 is 34.2 Å².